The minimum absolute atomic E-state index is 0.192. The molecule has 2 amide bonds. The smallest absolute Gasteiger partial charge is 0.417 e. The second-order valence-electron chi connectivity index (χ2n) is 8.01. The Bertz CT molecular complexity index is 884. The number of benzene rings is 2. The van der Waals surface area contributed by atoms with Crippen LogP contribution < -0.4 is 0 Å². The van der Waals surface area contributed by atoms with E-state index in [-0.39, 0.29) is 31.3 Å². The van der Waals surface area contributed by atoms with E-state index >= 15 is 0 Å². The fraction of sp³-hybridized carbons (Fsp3) is 0.385. The Morgan fingerprint density at radius 1 is 1.12 bits per heavy atom. The van der Waals surface area contributed by atoms with Gasteiger partial charge in [0.2, 0.25) is 0 Å². The Morgan fingerprint density at radius 3 is 2.44 bits per heavy atom. The lowest BCUT2D eigenvalue weighted by Crippen LogP contribution is -2.42. The molecule has 170 valence electrons. The van der Waals surface area contributed by atoms with Crippen molar-refractivity contribution in [2.75, 3.05) is 19.8 Å². The first kappa shape index (κ1) is 23.7. The summed E-state index contributed by atoms with van der Waals surface area (Å²) in [5.41, 5.74) is 3.02. The predicted molar refractivity (Wildman–Crippen MR) is 122 cm³/mol. The van der Waals surface area contributed by atoms with Crippen LogP contribution in [0.15, 0.2) is 72.8 Å². The summed E-state index contributed by atoms with van der Waals surface area (Å²) in [5, 5.41) is 0. The van der Waals surface area contributed by atoms with E-state index in [4.69, 9.17) is 14.2 Å². The SMILES string of the molecule is C=C(C)[C@H](CCCOCc1ccccc1)OCC(=O)N1C(=O)OC[C@@H]1Cc1ccccc1. The molecule has 0 bridgehead atoms. The van der Waals surface area contributed by atoms with Gasteiger partial charge in [-0.3, -0.25) is 4.79 Å². The van der Waals surface area contributed by atoms with Crippen LogP contribution in [0.5, 0.6) is 0 Å². The molecule has 1 aliphatic rings. The van der Waals surface area contributed by atoms with Crippen LogP contribution in [0.25, 0.3) is 0 Å². The van der Waals surface area contributed by atoms with Gasteiger partial charge in [-0.15, -0.1) is 0 Å². The lowest BCUT2D eigenvalue weighted by molar-refractivity contribution is -0.135. The van der Waals surface area contributed by atoms with E-state index in [1.54, 1.807) is 0 Å². The molecule has 6 heteroatoms. The molecule has 0 aromatic heterocycles. The third-order valence-electron chi connectivity index (χ3n) is 5.37. The molecule has 32 heavy (non-hydrogen) atoms. The molecule has 3 rings (SSSR count). The van der Waals surface area contributed by atoms with Crippen LogP contribution in [0, 0.1) is 0 Å². The zero-order chi connectivity index (χ0) is 22.8. The average molecular weight is 438 g/mol. The van der Waals surface area contributed by atoms with Crippen molar-refractivity contribution in [3.05, 3.63) is 83.9 Å². The predicted octanol–water partition coefficient (Wildman–Crippen LogP) is 4.53. The van der Waals surface area contributed by atoms with E-state index in [1.807, 2.05) is 67.6 Å². The Morgan fingerprint density at radius 2 is 1.78 bits per heavy atom. The van der Waals surface area contributed by atoms with Crippen molar-refractivity contribution >= 4 is 12.0 Å². The van der Waals surface area contributed by atoms with Crippen molar-refractivity contribution in [1.82, 2.24) is 4.90 Å². The largest absolute Gasteiger partial charge is 0.447 e. The van der Waals surface area contributed by atoms with E-state index in [0.29, 0.717) is 26.1 Å². The molecular formula is C26H31NO5. The summed E-state index contributed by atoms with van der Waals surface area (Å²) in [6, 6.07) is 19.4. The molecule has 1 fully saturated rings. The molecule has 2 aromatic carbocycles. The third kappa shape index (κ3) is 7.04. The van der Waals surface area contributed by atoms with Gasteiger partial charge >= 0.3 is 6.09 Å². The lowest BCUT2D eigenvalue weighted by Gasteiger charge is -2.22. The van der Waals surface area contributed by atoms with E-state index in [1.165, 1.54) is 4.90 Å². The van der Waals surface area contributed by atoms with Gasteiger partial charge in [-0.2, -0.15) is 0 Å². The van der Waals surface area contributed by atoms with E-state index in [0.717, 1.165) is 23.1 Å². The molecule has 0 unspecified atom stereocenters. The van der Waals surface area contributed by atoms with Gasteiger partial charge in [0.25, 0.3) is 5.91 Å². The van der Waals surface area contributed by atoms with Gasteiger partial charge < -0.3 is 14.2 Å². The lowest BCUT2D eigenvalue weighted by atomic mass is 10.1. The number of carbonyl (C=O) groups is 2. The second-order valence-corrected chi connectivity index (χ2v) is 8.01. The monoisotopic (exact) mass is 437 g/mol. The van der Waals surface area contributed by atoms with Crippen LogP contribution in [0.3, 0.4) is 0 Å². The summed E-state index contributed by atoms with van der Waals surface area (Å²) >= 11 is 0. The number of carbonyl (C=O) groups excluding carboxylic acids is 2. The van der Waals surface area contributed by atoms with Crippen LogP contribution in [-0.4, -0.2) is 48.9 Å². The first-order chi connectivity index (χ1) is 15.5. The van der Waals surface area contributed by atoms with E-state index in [9.17, 15) is 9.59 Å². The van der Waals surface area contributed by atoms with Crippen molar-refractivity contribution in [3.8, 4) is 0 Å². The highest BCUT2D eigenvalue weighted by molar-refractivity contribution is 5.94. The molecule has 2 atom stereocenters. The van der Waals surface area contributed by atoms with Gasteiger partial charge in [0, 0.05) is 6.61 Å². The van der Waals surface area contributed by atoms with E-state index in [2.05, 4.69) is 6.58 Å². The summed E-state index contributed by atoms with van der Waals surface area (Å²) in [4.78, 5) is 26.1. The van der Waals surface area contributed by atoms with Gasteiger partial charge in [-0.1, -0.05) is 72.8 Å². The fourth-order valence-corrected chi connectivity index (χ4v) is 3.65. The highest BCUT2D eigenvalue weighted by Crippen LogP contribution is 2.19. The van der Waals surface area contributed by atoms with Crippen LogP contribution >= 0.6 is 0 Å². The fourth-order valence-electron chi connectivity index (χ4n) is 3.65. The summed E-state index contributed by atoms with van der Waals surface area (Å²) in [7, 11) is 0. The normalized spacial score (nSPS) is 16.6. The maximum absolute atomic E-state index is 12.8. The molecule has 0 saturated carbocycles. The van der Waals surface area contributed by atoms with Gasteiger partial charge in [0.05, 0.1) is 18.8 Å². The van der Waals surface area contributed by atoms with Crippen molar-refractivity contribution in [1.29, 1.82) is 0 Å². The quantitative estimate of drug-likeness (QED) is 0.360. The molecule has 6 nitrogen and oxygen atoms in total. The Hall–Kier alpha value is -2.96. The molecule has 2 aromatic rings. The number of hydrogen-bond acceptors (Lipinski definition) is 5. The molecule has 1 saturated heterocycles. The molecule has 0 radical (unpaired) electrons. The molecule has 1 heterocycles. The second kappa shape index (κ2) is 12.2. The maximum Gasteiger partial charge on any atom is 0.417 e. The minimum Gasteiger partial charge on any atom is -0.447 e. The van der Waals surface area contributed by atoms with E-state index < -0.39 is 6.09 Å². The summed E-state index contributed by atoms with van der Waals surface area (Å²) < 4.78 is 16.7. The zero-order valence-corrected chi connectivity index (χ0v) is 18.6. The number of rotatable bonds is 12. The highest BCUT2D eigenvalue weighted by atomic mass is 16.6. The van der Waals surface area contributed by atoms with Crippen LogP contribution in [0.4, 0.5) is 4.79 Å². The summed E-state index contributed by atoms with van der Waals surface area (Å²) in [6.45, 7) is 7.02. The van der Waals surface area contributed by atoms with Gasteiger partial charge in [0.15, 0.2) is 0 Å². The molecule has 0 N–H and O–H groups in total. The van der Waals surface area contributed by atoms with Crippen LogP contribution in [0.1, 0.15) is 30.9 Å². The first-order valence-electron chi connectivity index (χ1n) is 11.0. The number of amides is 2. The number of hydrogen-bond donors (Lipinski definition) is 0. The van der Waals surface area contributed by atoms with Gasteiger partial charge in [0.1, 0.15) is 13.2 Å². The average Bonchev–Trinajstić information content (AvgIpc) is 3.16. The standard InChI is InChI=1S/C26H31NO5/c1-20(2)24(14-9-15-30-17-22-12-7-4-8-13-22)31-19-25(28)27-23(18-32-26(27)29)16-21-10-5-3-6-11-21/h3-8,10-13,23-24H,1,9,14-19H2,2H3/t23-,24-/m0/s1. The Labute approximate surface area is 189 Å². The maximum atomic E-state index is 12.8. The third-order valence-corrected chi connectivity index (χ3v) is 5.37. The molecule has 1 aliphatic heterocycles. The van der Waals surface area contributed by atoms with Crippen molar-refractivity contribution < 1.29 is 23.8 Å². The highest BCUT2D eigenvalue weighted by Gasteiger charge is 2.38. The van der Waals surface area contributed by atoms with Crippen LogP contribution in [0.2, 0.25) is 0 Å². The Balaban J connectivity index is 1.44. The molecule has 0 aliphatic carbocycles. The van der Waals surface area contributed by atoms with Crippen LogP contribution in [-0.2, 0) is 32.0 Å². The number of imide groups is 1. The number of ether oxygens (including phenoxy) is 3. The molecular weight excluding hydrogens is 406 g/mol. The van der Waals surface area contributed by atoms with Crippen molar-refractivity contribution in [2.24, 2.45) is 0 Å². The van der Waals surface area contributed by atoms with Crippen molar-refractivity contribution in [2.45, 2.75) is 44.9 Å². The van der Waals surface area contributed by atoms with Crippen molar-refractivity contribution in [3.63, 3.8) is 0 Å². The van der Waals surface area contributed by atoms with Gasteiger partial charge in [-0.25, -0.2) is 9.69 Å². The number of cyclic esters (lactones) is 1. The topological polar surface area (TPSA) is 65.1 Å². The zero-order valence-electron chi connectivity index (χ0n) is 18.6. The molecule has 0 spiro atoms. The minimum atomic E-state index is -0.610. The summed E-state index contributed by atoms with van der Waals surface area (Å²) in [6.07, 6.45) is 1.14. The number of nitrogens with zero attached hydrogens (tertiary/aromatic N) is 1. The van der Waals surface area contributed by atoms with Gasteiger partial charge in [-0.05, 0) is 37.3 Å². The summed E-state index contributed by atoms with van der Waals surface area (Å²) in [5.74, 6) is -0.389. The Kier molecular flexibility index (Phi) is 9.01. The first-order valence-corrected chi connectivity index (χ1v) is 11.0.